The average molecular weight is 256 g/mol. The lowest BCUT2D eigenvalue weighted by Crippen LogP contribution is -2.38. The van der Waals surface area contributed by atoms with E-state index < -0.39 is 8.07 Å². The number of aryl methyl sites for hydroxylation is 1. The van der Waals surface area contributed by atoms with Gasteiger partial charge in [0.25, 0.3) is 0 Å². The highest BCUT2D eigenvalue weighted by atomic mass is 28.3. The van der Waals surface area contributed by atoms with E-state index in [1.54, 1.807) is 0 Å². The van der Waals surface area contributed by atoms with Crippen LogP contribution in [0, 0.1) is 6.92 Å². The van der Waals surface area contributed by atoms with Crippen LogP contribution in [0.5, 0.6) is 0 Å². The Labute approximate surface area is 110 Å². The molecule has 1 aromatic heterocycles. The topological polar surface area (TPSA) is 28.1 Å². The number of benzene rings is 1. The van der Waals surface area contributed by atoms with Crippen LogP contribution in [0.4, 0.5) is 5.69 Å². The molecular formula is C15H20N2Si. The molecule has 0 saturated heterocycles. The van der Waals surface area contributed by atoms with Crippen LogP contribution in [0.3, 0.4) is 0 Å². The zero-order valence-corrected chi connectivity index (χ0v) is 12.5. The molecule has 18 heavy (non-hydrogen) atoms. The number of nitrogens with zero attached hydrogens (tertiary/aromatic N) is 1. The summed E-state index contributed by atoms with van der Waals surface area (Å²) >= 11 is 0. The molecular weight excluding hydrogens is 236 g/mol. The molecule has 1 heterocycles. The van der Waals surface area contributed by atoms with Gasteiger partial charge in [-0.25, -0.2) is 0 Å². The highest BCUT2D eigenvalue weighted by Crippen LogP contribution is 2.16. The normalized spacial score (nSPS) is 12.2. The number of aromatic nitrogens is 1. The lowest BCUT2D eigenvalue weighted by atomic mass is 10.2. The molecule has 94 valence electrons. The molecule has 2 rings (SSSR count). The van der Waals surface area contributed by atoms with E-state index in [2.05, 4.69) is 54.7 Å². The Morgan fingerprint density at radius 3 is 2.39 bits per heavy atom. The third kappa shape index (κ3) is 2.99. The fraction of sp³-hybridized carbons (Fsp3) is 0.267. The van der Waals surface area contributed by atoms with Crippen LogP contribution in [-0.4, -0.2) is 19.3 Å². The summed E-state index contributed by atoms with van der Waals surface area (Å²) in [4.78, 5) is 7.99. The van der Waals surface area contributed by atoms with Crippen molar-refractivity contribution in [1.29, 1.82) is 0 Å². The molecule has 0 fully saturated rings. The van der Waals surface area contributed by atoms with E-state index >= 15 is 0 Å². The second-order valence-electron chi connectivity index (χ2n) is 5.62. The molecule has 2 nitrogen and oxygen atoms in total. The van der Waals surface area contributed by atoms with Crippen LogP contribution >= 0.6 is 0 Å². The van der Waals surface area contributed by atoms with E-state index in [9.17, 15) is 0 Å². The monoisotopic (exact) mass is 256 g/mol. The SMILES string of the molecule is Cc1ccccc1N=Cc1ccc([Si](C)(C)C)[nH]1. The summed E-state index contributed by atoms with van der Waals surface area (Å²) in [6.07, 6.45) is 1.91. The Balaban J connectivity index is 2.20. The van der Waals surface area contributed by atoms with E-state index in [1.807, 2.05) is 24.4 Å². The lowest BCUT2D eigenvalue weighted by molar-refractivity contribution is 1.37. The number of nitrogens with one attached hydrogen (secondary N) is 1. The quantitative estimate of drug-likeness (QED) is 0.642. The molecule has 0 unspecified atom stereocenters. The van der Waals surface area contributed by atoms with E-state index in [4.69, 9.17) is 0 Å². The summed E-state index contributed by atoms with van der Waals surface area (Å²) in [6.45, 7) is 9.08. The zero-order valence-electron chi connectivity index (χ0n) is 11.5. The summed E-state index contributed by atoms with van der Waals surface area (Å²) in [5.74, 6) is 0. The first kappa shape index (κ1) is 12.8. The van der Waals surface area contributed by atoms with Crippen molar-refractivity contribution in [3.05, 3.63) is 47.7 Å². The molecule has 0 saturated carbocycles. The first-order chi connectivity index (χ1) is 8.47. The van der Waals surface area contributed by atoms with Gasteiger partial charge in [0.05, 0.1) is 25.7 Å². The number of H-pyrrole nitrogens is 1. The van der Waals surface area contributed by atoms with Crippen molar-refractivity contribution < 1.29 is 0 Å². The van der Waals surface area contributed by atoms with Crippen LogP contribution in [0.2, 0.25) is 19.6 Å². The Kier molecular flexibility index (Phi) is 3.52. The van der Waals surface area contributed by atoms with Crippen molar-refractivity contribution in [2.75, 3.05) is 0 Å². The van der Waals surface area contributed by atoms with Crippen molar-refractivity contribution in [2.45, 2.75) is 26.6 Å². The number of hydrogen-bond donors (Lipinski definition) is 1. The van der Waals surface area contributed by atoms with Gasteiger partial charge in [-0.1, -0.05) is 37.8 Å². The van der Waals surface area contributed by atoms with E-state index in [1.165, 1.54) is 10.9 Å². The van der Waals surface area contributed by atoms with E-state index in [0.29, 0.717) is 0 Å². The molecule has 0 aliphatic rings. The minimum Gasteiger partial charge on any atom is -0.362 e. The van der Waals surface area contributed by atoms with Gasteiger partial charge < -0.3 is 4.98 Å². The average Bonchev–Trinajstić information content (AvgIpc) is 2.76. The van der Waals surface area contributed by atoms with Crippen molar-refractivity contribution >= 4 is 25.3 Å². The highest BCUT2D eigenvalue weighted by molar-refractivity contribution is 6.88. The maximum Gasteiger partial charge on any atom is 0.0981 e. The van der Waals surface area contributed by atoms with Crippen LogP contribution < -0.4 is 5.32 Å². The van der Waals surface area contributed by atoms with Crippen LogP contribution in [0.25, 0.3) is 0 Å². The van der Waals surface area contributed by atoms with Gasteiger partial charge >= 0.3 is 0 Å². The van der Waals surface area contributed by atoms with Crippen LogP contribution in [0.1, 0.15) is 11.3 Å². The van der Waals surface area contributed by atoms with Gasteiger partial charge in [0, 0.05) is 0 Å². The molecule has 1 aromatic carbocycles. The minimum atomic E-state index is -1.25. The molecule has 0 amide bonds. The first-order valence-electron chi connectivity index (χ1n) is 6.26. The summed E-state index contributed by atoms with van der Waals surface area (Å²) < 4.78 is 0. The molecule has 0 radical (unpaired) electrons. The summed E-state index contributed by atoms with van der Waals surface area (Å²) in [7, 11) is -1.25. The van der Waals surface area contributed by atoms with Gasteiger partial charge in [0.1, 0.15) is 0 Å². The fourth-order valence-electron chi connectivity index (χ4n) is 1.77. The number of rotatable bonds is 3. The van der Waals surface area contributed by atoms with Crippen molar-refractivity contribution in [3.63, 3.8) is 0 Å². The highest BCUT2D eigenvalue weighted by Gasteiger charge is 2.17. The predicted octanol–water partition coefficient (Wildman–Crippen LogP) is 3.62. The third-order valence-electron chi connectivity index (χ3n) is 2.97. The van der Waals surface area contributed by atoms with Crippen molar-refractivity contribution in [3.8, 4) is 0 Å². The molecule has 1 N–H and O–H groups in total. The van der Waals surface area contributed by atoms with Gasteiger partial charge in [-0.3, -0.25) is 4.99 Å². The van der Waals surface area contributed by atoms with E-state index in [0.717, 1.165) is 11.4 Å². The molecule has 0 aliphatic carbocycles. The smallest absolute Gasteiger partial charge is 0.0981 e. The molecule has 0 bridgehead atoms. The van der Waals surface area contributed by atoms with Crippen LogP contribution in [-0.2, 0) is 0 Å². The largest absolute Gasteiger partial charge is 0.362 e. The summed E-state index contributed by atoms with van der Waals surface area (Å²) in [6, 6.07) is 12.5. The molecule has 0 spiro atoms. The molecule has 0 atom stereocenters. The Morgan fingerprint density at radius 1 is 1.06 bits per heavy atom. The van der Waals surface area contributed by atoms with Gasteiger partial charge in [-0.15, -0.1) is 0 Å². The maximum absolute atomic E-state index is 4.53. The van der Waals surface area contributed by atoms with Crippen LogP contribution in [0.15, 0.2) is 41.4 Å². The van der Waals surface area contributed by atoms with Crippen molar-refractivity contribution in [2.24, 2.45) is 4.99 Å². The fourth-order valence-corrected chi connectivity index (χ4v) is 2.87. The van der Waals surface area contributed by atoms with Gasteiger partial charge in [0.15, 0.2) is 0 Å². The summed E-state index contributed by atoms with van der Waals surface area (Å²) in [5, 5.41) is 1.37. The van der Waals surface area contributed by atoms with Gasteiger partial charge in [0.2, 0.25) is 0 Å². The predicted molar refractivity (Wildman–Crippen MR) is 82.2 cm³/mol. The Hall–Kier alpha value is -1.61. The number of para-hydroxylation sites is 1. The Bertz CT molecular complexity index is 562. The number of aromatic amines is 1. The van der Waals surface area contributed by atoms with Crippen molar-refractivity contribution in [1.82, 2.24) is 4.98 Å². The lowest BCUT2D eigenvalue weighted by Gasteiger charge is -2.12. The minimum absolute atomic E-state index is 1.03. The zero-order chi connectivity index (χ0) is 13.2. The van der Waals surface area contributed by atoms with Gasteiger partial charge in [-0.05, 0) is 36.0 Å². The number of hydrogen-bond acceptors (Lipinski definition) is 1. The van der Waals surface area contributed by atoms with Gasteiger partial charge in [-0.2, -0.15) is 0 Å². The second kappa shape index (κ2) is 4.94. The maximum atomic E-state index is 4.53. The standard InChI is InChI=1S/C15H20N2Si/c1-12-7-5-6-8-14(12)16-11-13-9-10-15(17-13)18(2,3)4/h5-11,17H,1-4H3. The third-order valence-corrected chi connectivity index (χ3v) is 4.88. The second-order valence-corrected chi connectivity index (χ2v) is 10.7. The van der Waals surface area contributed by atoms with E-state index in [-0.39, 0.29) is 0 Å². The molecule has 3 heteroatoms. The first-order valence-corrected chi connectivity index (χ1v) is 9.76. The number of aliphatic imine (C=N–C) groups is 1. The molecule has 0 aliphatic heterocycles. The molecule has 2 aromatic rings. The Morgan fingerprint density at radius 2 is 1.78 bits per heavy atom. The summed E-state index contributed by atoms with van der Waals surface area (Å²) in [5.41, 5.74) is 3.31.